The van der Waals surface area contributed by atoms with Gasteiger partial charge in [0.05, 0.1) is 42.0 Å². The zero-order valence-corrected chi connectivity index (χ0v) is 18.5. The first kappa shape index (κ1) is 20.1. The van der Waals surface area contributed by atoms with Gasteiger partial charge in [-0.3, -0.25) is 4.57 Å². The second kappa shape index (κ2) is 8.05. The number of morpholine rings is 2. The normalized spacial score (nSPS) is 27.1. The standard InChI is InChI=1S/C22H29N7O2/c1-14-11-27(12-15(2)31-14)20-24-21(28-9-10-30-17(4)16(28)3)26-22(25-20)29-13-23-18-7-5-6-8-19(18)29/h5-8,13-17H,9-12H2,1-4H3/t14-,15+,16-,17-/m0/s1. The molecule has 5 rings (SSSR count). The molecule has 3 aromatic rings. The Bertz CT molecular complexity index is 1060. The fraction of sp³-hybridized carbons (Fsp3) is 0.545. The van der Waals surface area contributed by atoms with E-state index in [0.717, 1.165) is 30.7 Å². The summed E-state index contributed by atoms with van der Waals surface area (Å²) in [6.07, 6.45) is 2.12. The molecular weight excluding hydrogens is 394 g/mol. The van der Waals surface area contributed by atoms with E-state index in [9.17, 15) is 0 Å². The minimum Gasteiger partial charge on any atom is -0.375 e. The van der Waals surface area contributed by atoms with Gasteiger partial charge < -0.3 is 19.3 Å². The van der Waals surface area contributed by atoms with Crippen molar-refractivity contribution in [2.24, 2.45) is 0 Å². The predicted octanol–water partition coefficient (Wildman–Crippen LogP) is 2.44. The van der Waals surface area contributed by atoms with Crippen LogP contribution in [-0.4, -0.2) is 75.1 Å². The van der Waals surface area contributed by atoms with E-state index in [1.807, 2.05) is 28.8 Å². The van der Waals surface area contributed by atoms with Crippen LogP contribution in [-0.2, 0) is 9.47 Å². The third-order valence-corrected chi connectivity index (χ3v) is 6.11. The number of nitrogens with zero attached hydrogens (tertiary/aromatic N) is 7. The molecule has 9 heteroatoms. The number of anilines is 2. The number of imidazole rings is 1. The summed E-state index contributed by atoms with van der Waals surface area (Å²) in [6.45, 7) is 11.3. The quantitative estimate of drug-likeness (QED) is 0.635. The maximum absolute atomic E-state index is 5.92. The van der Waals surface area contributed by atoms with Crippen LogP contribution in [0.2, 0.25) is 0 Å². The highest BCUT2D eigenvalue weighted by molar-refractivity contribution is 5.76. The van der Waals surface area contributed by atoms with Crippen LogP contribution in [0.1, 0.15) is 27.7 Å². The second-order valence-corrected chi connectivity index (χ2v) is 8.51. The molecule has 4 atom stereocenters. The topological polar surface area (TPSA) is 81.4 Å². The molecule has 0 spiro atoms. The highest BCUT2D eigenvalue weighted by atomic mass is 16.5. The summed E-state index contributed by atoms with van der Waals surface area (Å²) >= 11 is 0. The van der Waals surface area contributed by atoms with Gasteiger partial charge in [-0.05, 0) is 39.8 Å². The van der Waals surface area contributed by atoms with E-state index in [0.29, 0.717) is 24.5 Å². The number of fused-ring (bicyclic) bond motifs is 1. The first-order valence-electron chi connectivity index (χ1n) is 11.0. The molecule has 164 valence electrons. The number of hydrogen-bond acceptors (Lipinski definition) is 8. The lowest BCUT2D eigenvalue weighted by Gasteiger charge is -2.39. The zero-order chi connectivity index (χ0) is 21.5. The Hall–Kier alpha value is -2.78. The predicted molar refractivity (Wildman–Crippen MR) is 119 cm³/mol. The summed E-state index contributed by atoms with van der Waals surface area (Å²) < 4.78 is 13.7. The Morgan fingerprint density at radius 2 is 1.61 bits per heavy atom. The van der Waals surface area contributed by atoms with Crippen LogP contribution < -0.4 is 9.80 Å². The maximum Gasteiger partial charge on any atom is 0.242 e. The zero-order valence-electron chi connectivity index (χ0n) is 18.5. The van der Waals surface area contributed by atoms with Gasteiger partial charge in [-0.25, -0.2) is 4.98 Å². The lowest BCUT2D eigenvalue weighted by molar-refractivity contribution is -0.00574. The van der Waals surface area contributed by atoms with E-state index in [1.54, 1.807) is 6.33 Å². The molecule has 0 aliphatic carbocycles. The van der Waals surface area contributed by atoms with Gasteiger partial charge in [0, 0.05) is 19.6 Å². The SMILES string of the molecule is C[C@@H]1CN(c2nc(N3CCO[C@@H](C)[C@@H]3C)nc(-n3cnc4ccccc43)n2)C[C@H](C)O1. The van der Waals surface area contributed by atoms with Crippen molar-refractivity contribution in [3.05, 3.63) is 30.6 Å². The van der Waals surface area contributed by atoms with Gasteiger partial charge in [0.1, 0.15) is 6.33 Å². The molecule has 0 bridgehead atoms. The van der Waals surface area contributed by atoms with Crippen molar-refractivity contribution in [3.63, 3.8) is 0 Å². The minimum absolute atomic E-state index is 0.106. The molecule has 2 aromatic heterocycles. The monoisotopic (exact) mass is 423 g/mol. The molecule has 31 heavy (non-hydrogen) atoms. The number of rotatable bonds is 3. The first-order chi connectivity index (χ1) is 15.0. The molecular formula is C22H29N7O2. The van der Waals surface area contributed by atoms with Crippen molar-refractivity contribution in [1.82, 2.24) is 24.5 Å². The molecule has 0 unspecified atom stereocenters. The van der Waals surface area contributed by atoms with Crippen LogP contribution in [0.25, 0.3) is 17.0 Å². The van der Waals surface area contributed by atoms with E-state index in [2.05, 4.69) is 42.5 Å². The Morgan fingerprint density at radius 1 is 0.903 bits per heavy atom. The summed E-state index contributed by atoms with van der Waals surface area (Å²) in [5, 5.41) is 0. The Kier molecular flexibility index (Phi) is 5.23. The number of aromatic nitrogens is 5. The average Bonchev–Trinajstić information content (AvgIpc) is 3.19. The summed E-state index contributed by atoms with van der Waals surface area (Å²) in [6, 6.07) is 8.17. The molecule has 0 N–H and O–H groups in total. The fourth-order valence-electron chi connectivity index (χ4n) is 4.40. The molecule has 2 saturated heterocycles. The van der Waals surface area contributed by atoms with Gasteiger partial charge in [-0.2, -0.15) is 15.0 Å². The van der Waals surface area contributed by atoms with Crippen LogP contribution in [0.5, 0.6) is 0 Å². The molecule has 2 aliphatic rings. The van der Waals surface area contributed by atoms with Crippen molar-refractivity contribution >= 4 is 22.9 Å². The minimum atomic E-state index is 0.106. The summed E-state index contributed by atoms with van der Waals surface area (Å²) in [5.74, 6) is 1.92. The third kappa shape index (κ3) is 3.83. The number of ether oxygens (including phenoxy) is 2. The van der Waals surface area contributed by atoms with Crippen LogP contribution in [0, 0.1) is 0 Å². The Morgan fingerprint density at radius 3 is 2.42 bits per heavy atom. The highest BCUT2D eigenvalue weighted by Crippen LogP contribution is 2.25. The second-order valence-electron chi connectivity index (χ2n) is 8.51. The van der Waals surface area contributed by atoms with Gasteiger partial charge in [0.15, 0.2) is 0 Å². The van der Waals surface area contributed by atoms with Gasteiger partial charge in [0.2, 0.25) is 17.8 Å². The van der Waals surface area contributed by atoms with Crippen LogP contribution in [0.3, 0.4) is 0 Å². The molecule has 0 radical (unpaired) electrons. The van der Waals surface area contributed by atoms with Crippen molar-refractivity contribution in [2.45, 2.75) is 52.0 Å². The van der Waals surface area contributed by atoms with Crippen LogP contribution in [0.15, 0.2) is 30.6 Å². The Labute approximate surface area is 182 Å². The van der Waals surface area contributed by atoms with Gasteiger partial charge in [0.25, 0.3) is 0 Å². The van der Waals surface area contributed by atoms with Gasteiger partial charge >= 0.3 is 0 Å². The van der Waals surface area contributed by atoms with Gasteiger partial charge in [-0.15, -0.1) is 0 Å². The van der Waals surface area contributed by atoms with Crippen molar-refractivity contribution < 1.29 is 9.47 Å². The van der Waals surface area contributed by atoms with E-state index >= 15 is 0 Å². The maximum atomic E-state index is 5.92. The highest BCUT2D eigenvalue weighted by Gasteiger charge is 2.30. The van der Waals surface area contributed by atoms with Gasteiger partial charge in [-0.1, -0.05) is 12.1 Å². The molecule has 1 aromatic carbocycles. The first-order valence-corrected chi connectivity index (χ1v) is 11.0. The number of para-hydroxylation sites is 2. The van der Waals surface area contributed by atoms with E-state index < -0.39 is 0 Å². The molecule has 4 heterocycles. The number of hydrogen-bond donors (Lipinski definition) is 0. The molecule has 2 fully saturated rings. The fourth-order valence-corrected chi connectivity index (χ4v) is 4.40. The average molecular weight is 424 g/mol. The third-order valence-electron chi connectivity index (χ3n) is 6.11. The van der Waals surface area contributed by atoms with Crippen molar-refractivity contribution in [1.29, 1.82) is 0 Å². The molecule has 0 saturated carbocycles. The molecule has 0 amide bonds. The smallest absolute Gasteiger partial charge is 0.242 e. The lowest BCUT2D eigenvalue weighted by atomic mass is 10.1. The van der Waals surface area contributed by atoms with Crippen LogP contribution in [0.4, 0.5) is 11.9 Å². The van der Waals surface area contributed by atoms with Crippen molar-refractivity contribution in [3.8, 4) is 5.95 Å². The number of benzene rings is 1. The van der Waals surface area contributed by atoms with E-state index in [1.165, 1.54) is 0 Å². The Balaban J connectivity index is 1.62. The lowest BCUT2D eigenvalue weighted by Crippen LogP contribution is -2.50. The summed E-state index contributed by atoms with van der Waals surface area (Å²) in [4.78, 5) is 23.6. The van der Waals surface area contributed by atoms with E-state index in [4.69, 9.17) is 24.4 Å². The largest absolute Gasteiger partial charge is 0.375 e. The molecule has 9 nitrogen and oxygen atoms in total. The van der Waals surface area contributed by atoms with Crippen LogP contribution >= 0.6 is 0 Å². The summed E-state index contributed by atoms with van der Waals surface area (Å²) in [7, 11) is 0. The van der Waals surface area contributed by atoms with E-state index in [-0.39, 0.29) is 24.4 Å². The molecule has 2 aliphatic heterocycles. The van der Waals surface area contributed by atoms with Crippen molar-refractivity contribution in [2.75, 3.05) is 36.0 Å². The summed E-state index contributed by atoms with van der Waals surface area (Å²) in [5.41, 5.74) is 1.88.